The molecular weight excluding hydrogens is 206 g/mol. The molecule has 0 aromatic carbocycles. The Labute approximate surface area is 85.1 Å². The van der Waals surface area contributed by atoms with Crippen molar-refractivity contribution in [2.24, 2.45) is 0 Å². The van der Waals surface area contributed by atoms with Gasteiger partial charge in [-0.05, 0) is 13.0 Å². The summed E-state index contributed by atoms with van der Waals surface area (Å²) in [6.45, 7) is 1.37. The molecular formula is C9H10F2N2O2. The Bertz CT molecular complexity index is 371. The van der Waals surface area contributed by atoms with Crippen LogP contribution in [0.4, 0.5) is 14.5 Å². The first kappa shape index (κ1) is 11.4. The van der Waals surface area contributed by atoms with Gasteiger partial charge in [0.25, 0.3) is 6.43 Å². The van der Waals surface area contributed by atoms with Gasteiger partial charge in [0.2, 0.25) is 0 Å². The topological polar surface area (TPSA) is 65.2 Å². The zero-order valence-corrected chi connectivity index (χ0v) is 8.25. The minimum atomic E-state index is -2.70. The molecule has 1 rings (SSSR count). The number of nitrogens with two attached hydrogens (primary N) is 1. The number of hydrogen-bond acceptors (Lipinski definition) is 4. The Kier molecular flexibility index (Phi) is 3.18. The summed E-state index contributed by atoms with van der Waals surface area (Å²) in [4.78, 5) is 14.8. The predicted molar refractivity (Wildman–Crippen MR) is 49.7 cm³/mol. The molecule has 0 bridgehead atoms. The third-order valence-corrected chi connectivity index (χ3v) is 1.89. The number of aryl methyl sites for hydroxylation is 1. The monoisotopic (exact) mass is 216 g/mol. The number of pyridine rings is 1. The average molecular weight is 216 g/mol. The highest BCUT2D eigenvalue weighted by atomic mass is 19.3. The fourth-order valence-corrected chi connectivity index (χ4v) is 1.20. The number of anilines is 1. The second-order valence-electron chi connectivity index (χ2n) is 2.89. The molecule has 0 fully saturated rings. The lowest BCUT2D eigenvalue weighted by Crippen LogP contribution is -2.09. The highest BCUT2D eigenvalue weighted by molar-refractivity contribution is 5.88. The second-order valence-corrected chi connectivity index (χ2v) is 2.89. The first-order valence-corrected chi connectivity index (χ1v) is 4.10. The van der Waals surface area contributed by atoms with Crippen molar-refractivity contribution in [1.29, 1.82) is 0 Å². The normalized spacial score (nSPS) is 10.5. The van der Waals surface area contributed by atoms with Crippen LogP contribution in [0, 0.1) is 6.92 Å². The maximum atomic E-state index is 12.5. The van der Waals surface area contributed by atoms with E-state index in [0.717, 1.165) is 6.07 Å². The van der Waals surface area contributed by atoms with E-state index in [2.05, 4.69) is 9.72 Å². The molecule has 82 valence electrons. The molecule has 0 amide bonds. The Morgan fingerprint density at radius 3 is 2.60 bits per heavy atom. The summed E-state index contributed by atoms with van der Waals surface area (Å²) in [5, 5.41) is 0. The Morgan fingerprint density at radius 2 is 2.20 bits per heavy atom. The average Bonchev–Trinajstić information content (AvgIpc) is 2.14. The predicted octanol–water partition coefficient (Wildman–Crippen LogP) is 1.70. The molecule has 0 aliphatic heterocycles. The van der Waals surface area contributed by atoms with Gasteiger partial charge >= 0.3 is 5.97 Å². The number of nitrogens with zero attached hydrogens (tertiary/aromatic N) is 1. The molecule has 1 heterocycles. The van der Waals surface area contributed by atoms with Gasteiger partial charge in [-0.25, -0.2) is 18.6 Å². The third-order valence-electron chi connectivity index (χ3n) is 1.89. The van der Waals surface area contributed by atoms with Gasteiger partial charge in [-0.15, -0.1) is 0 Å². The summed E-state index contributed by atoms with van der Waals surface area (Å²) in [6.07, 6.45) is -2.70. The quantitative estimate of drug-likeness (QED) is 0.764. The van der Waals surface area contributed by atoms with E-state index in [0.29, 0.717) is 0 Å². The maximum Gasteiger partial charge on any atom is 0.356 e. The number of aromatic nitrogens is 1. The number of esters is 1. The van der Waals surface area contributed by atoms with Gasteiger partial charge in [-0.3, -0.25) is 0 Å². The lowest BCUT2D eigenvalue weighted by molar-refractivity contribution is 0.0593. The Hall–Kier alpha value is -1.72. The number of alkyl halides is 2. The van der Waals surface area contributed by atoms with Gasteiger partial charge in [0.1, 0.15) is 0 Å². The minimum Gasteiger partial charge on any atom is -0.464 e. The van der Waals surface area contributed by atoms with E-state index in [1.54, 1.807) is 0 Å². The van der Waals surface area contributed by atoms with Crippen LogP contribution < -0.4 is 5.73 Å². The largest absolute Gasteiger partial charge is 0.464 e. The van der Waals surface area contributed by atoms with E-state index >= 15 is 0 Å². The van der Waals surface area contributed by atoms with E-state index in [4.69, 9.17) is 5.73 Å². The summed E-state index contributed by atoms with van der Waals surface area (Å²) in [5.41, 5.74) is 4.85. The summed E-state index contributed by atoms with van der Waals surface area (Å²) < 4.78 is 29.3. The van der Waals surface area contributed by atoms with Crippen molar-refractivity contribution < 1.29 is 18.3 Å². The van der Waals surface area contributed by atoms with Crippen LogP contribution in [-0.4, -0.2) is 18.1 Å². The molecule has 4 nitrogen and oxygen atoms in total. The van der Waals surface area contributed by atoms with E-state index in [-0.39, 0.29) is 22.6 Å². The van der Waals surface area contributed by atoms with Gasteiger partial charge in [-0.2, -0.15) is 0 Å². The van der Waals surface area contributed by atoms with Crippen LogP contribution in [0.5, 0.6) is 0 Å². The van der Waals surface area contributed by atoms with Crippen molar-refractivity contribution in [2.45, 2.75) is 13.3 Å². The van der Waals surface area contributed by atoms with Crippen molar-refractivity contribution in [3.63, 3.8) is 0 Å². The van der Waals surface area contributed by atoms with Gasteiger partial charge in [0, 0.05) is 11.4 Å². The van der Waals surface area contributed by atoms with Crippen molar-refractivity contribution in [3.05, 3.63) is 23.0 Å². The van der Waals surface area contributed by atoms with Crippen LogP contribution in [-0.2, 0) is 4.74 Å². The second kappa shape index (κ2) is 4.20. The molecule has 1 aromatic rings. The van der Waals surface area contributed by atoms with Gasteiger partial charge in [0.05, 0.1) is 12.7 Å². The number of halogens is 2. The zero-order valence-electron chi connectivity index (χ0n) is 8.25. The number of ether oxygens (including phenoxy) is 1. The summed E-state index contributed by atoms with van der Waals surface area (Å²) >= 11 is 0. The van der Waals surface area contributed by atoms with Crippen LogP contribution in [0.1, 0.15) is 28.2 Å². The molecule has 2 N–H and O–H groups in total. The Balaban J connectivity index is 3.25. The molecule has 6 heteroatoms. The fraction of sp³-hybridized carbons (Fsp3) is 0.333. The highest BCUT2D eigenvalue weighted by Gasteiger charge is 2.19. The van der Waals surface area contributed by atoms with Crippen LogP contribution in [0.15, 0.2) is 6.07 Å². The molecule has 0 spiro atoms. The van der Waals surface area contributed by atoms with E-state index in [9.17, 15) is 13.6 Å². The lowest BCUT2D eigenvalue weighted by Gasteiger charge is -2.09. The summed E-state index contributed by atoms with van der Waals surface area (Å²) in [5.74, 6) is -0.703. The maximum absolute atomic E-state index is 12.5. The van der Waals surface area contributed by atoms with Crippen LogP contribution >= 0.6 is 0 Å². The van der Waals surface area contributed by atoms with E-state index in [1.807, 2.05) is 0 Å². The van der Waals surface area contributed by atoms with Crippen molar-refractivity contribution >= 4 is 11.7 Å². The number of methoxy groups -OCH3 is 1. The Morgan fingerprint density at radius 1 is 1.60 bits per heavy atom. The van der Waals surface area contributed by atoms with Gasteiger partial charge < -0.3 is 10.5 Å². The summed E-state index contributed by atoms with van der Waals surface area (Å²) in [6, 6.07) is 1.08. The standard InChI is InChI=1S/C9H10F2N2O2/c1-4-7(8(10)11)5(12)3-6(13-4)9(14)15-2/h3,8H,1-2H3,(H2,12,13). The number of carbonyl (C=O) groups excluding carboxylic acids is 1. The van der Waals surface area contributed by atoms with Gasteiger partial charge in [0.15, 0.2) is 5.69 Å². The molecule has 0 aliphatic rings. The zero-order chi connectivity index (χ0) is 11.6. The molecule has 0 unspecified atom stereocenters. The van der Waals surface area contributed by atoms with E-state index < -0.39 is 12.4 Å². The van der Waals surface area contributed by atoms with Crippen LogP contribution in [0.25, 0.3) is 0 Å². The number of hydrogen-bond donors (Lipinski definition) is 1. The minimum absolute atomic E-state index is 0.0328. The lowest BCUT2D eigenvalue weighted by atomic mass is 10.1. The first-order chi connectivity index (χ1) is 6.97. The summed E-state index contributed by atoms with van der Waals surface area (Å²) in [7, 11) is 1.18. The third kappa shape index (κ3) is 2.20. The molecule has 0 atom stereocenters. The van der Waals surface area contributed by atoms with E-state index in [1.165, 1.54) is 14.0 Å². The first-order valence-electron chi connectivity index (χ1n) is 4.10. The molecule has 0 saturated carbocycles. The highest BCUT2D eigenvalue weighted by Crippen LogP contribution is 2.27. The van der Waals surface area contributed by atoms with Crippen molar-refractivity contribution in [2.75, 3.05) is 12.8 Å². The number of rotatable bonds is 2. The molecule has 0 saturated heterocycles. The van der Waals surface area contributed by atoms with Crippen LogP contribution in [0.2, 0.25) is 0 Å². The SMILES string of the molecule is COC(=O)c1cc(N)c(C(F)F)c(C)n1. The smallest absolute Gasteiger partial charge is 0.356 e. The molecule has 1 aromatic heterocycles. The fourth-order valence-electron chi connectivity index (χ4n) is 1.20. The van der Waals surface area contributed by atoms with Crippen molar-refractivity contribution in [1.82, 2.24) is 4.98 Å². The van der Waals surface area contributed by atoms with Gasteiger partial charge in [-0.1, -0.05) is 0 Å². The molecule has 0 aliphatic carbocycles. The molecule has 0 radical (unpaired) electrons. The number of nitrogen functional groups attached to an aromatic ring is 1. The van der Waals surface area contributed by atoms with Crippen molar-refractivity contribution in [3.8, 4) is 0 Å². The van der Waals surface area contributed by atoms with Crippen LogP contribution in [0.3, 0.4) is 0 Å². The molecule has 15 heavy (non-hydrogen) atoms. The number of carbonyl (C=O) groups is 1.